The third kappa shape index (κ3) is 4.04. The summed E-state index contributed by atoms with van der Waals surface area (Å²) >= 11 is 3.41. The van der Waals surface area contributed by atoms with Gasteiger partial charge in [-0.05, 0) is 36.8 Å². The van der Waals surface area contributed by atoms with Crippen molar-refractivity contribution < 1.29 is 4.79 Å². The van der Waals surface area contributed by atoms with E-state index in [1.807, 2.05) is 31.2 Å². The summed E-state index contributed by atoms with van der Waals surface area (Å²) in [5.74, 6) is 0.592. The molecule has 1 amide bonds. The van der Waals surface area contributed by atoms with Gasteiger partial charge in [0.2, 0.25) is 0 Å². The summed E-state index contributed by atoms with van der Waals surface area (Å²) in [5, 5.41) is 3.12. The number of anilines is 1. The summed E-state index contributed by atoms with van der Waals surface area (Å²) in [7, 11) is 1.80. The summed E-state index contributed by atoms with van der Waals surface area (Å²) in [6.07, 6.45) is 1.68. The van der Waals surface area contributed by atoms with Gasteiger partial charge in [-0.2, -0.15) is 0 Å². The second-order valence-electron chi connectivity index (χ2n) is 4.72. The first-order valence-corrected chi connectivity index (χ1v) is 7.60. The molecule has 0 spiro atoms. The van der Waals surface area contributed by atoms with Crippen molar-refractivity contribution in [2.75, 3.05) is 18.9 Å². The fraction of sp³-hybridized carbons (Fsp3) is 0.250. The molecule has 1 heterocycles. The van der Waals surface area contributed by atoms with Crippen LogP contribution in [0.1, 0.15) is 22.8 Å². The molecule has 4 nitrogen and oxygen atoms in total. The van der Waals surface area contributed by atoms with Crippen molar-refractivity contribution in [2.24, 2.45) is 0 Å². The van der Waals surface area contributed by atoms with Crippen LogP contribution in [0, 0.1) is 0 Å². The molecular formula is C16H18BrN3O. The van der Waals surface area contributed by atoms with Crippen molar-refractivity contribution in [3.05, 3.63) is 58.2 Å². The van der Waals surface area contributed by atoms with Crippen LogP contribution in [0.15, 0.2) is 47.1 Å². The van der Waals surface area contributed by atoms with Crippen LogP contribution in [0.2, 0.25) is 0 Å². The first kappa shape index (κ1) is 15.5. The van der Waals surface area contributed by atoms with Crippen molar-refractivity contribution in [3.63, 3.8) is 0 Å². The fourth-order valence-corrected chi connectivity index (χ4v) is 2.29. The lowest BCUT2D eigenvalue weighted by atomic mass is 10.2. The number of carbonyl (C=O) groups excluding carboxylic acids is 1. The van der Waals surface area contributed by atoms with Gasteiger partial charge in [0.15, 0.2) is 0 Å². The third-order valence-electron chi connectivity index (χ3n) is 3.06. The molecule has 1 aromatic carbocycles. The molecule has 1 aromatic heterocycles. The number of carbonyl (C=O) groups is 1. The number of halogens is 1. The smallest absolute Gasteiger partial charge is 0.257 e. The Morgan fingerprint density at radius 2 is 2.00 bits per heavy atom. The highest BCUT2D eigenvalue weighted by molar-refractivity contribution is 9.10. The number of hydrogen-bond acceptors (Lipinski definition) is 3. The summed E-state index contributed by atoms with van der Waals surface area (Å²) in [6, 6.07) is 11.5. The summed E-state index contributed by atoms with van der Waals surface area (Å²) in [4.78, 5) is 18.5. The number of nitrogens with one attached hydrogen (secondary N) is 1. The molecule has 1 N–H and O–H groups in total. The molecule has 0 aliphatic rings. The number of amides is 1. The number of rotatable bonds is 5. The first-order valence-electron chi connectivity index (χ1n) is 6.80. The predicted octanol–water partition coefficient (Wildman–Crippen LogP) is 3.55. The Bertz CT molecular complexity index is 613. The van der Waals surface area contributed by atoms with Crippen LogP contribution in [-0.2, 0) is 6.54 Å². The zero-order chi connectivity index (χ0) is 15.2. The highest BCUT2D eigenvalue weighted by Gasteiger charge is 2.16. The van der Waals surface area contributed by atoms with Gasteiger partial charge in [0, 0.05) is 30.8 Å². The maximum Gasteiger partial charge on any atom is 0.257 e. The maximum atomic E-state index is 12.5. The first-order chi connectivity index (χ1) is 10.1. The number of pyridine rings is 1. The van der Waals surface area contributed by atoms with Crippen LogP contribution in [0.4, 0.5) is 5.82 Å². The molecule has 21 heavy (non-hydrogen) atoms. The molecule has 0 unspecified atom stereocenters. The Morgan fingerprint density at radius 1 is 1.29 bits per heavy atom. The minimum atomic E-state index is -0.0398. The Labute approximate surface area is 133 Å². The zero-order valence-corrected chi connectivity index (χ0v) is 13.7. The molecule has 0 aliphatic carbocycles. The lowest BCUT2D eigenvalue weighted by Crippen LogP contribution is -2.27. The van der Waals surface area contributed by atoms with Gasteiger partial charge in [-0.25, -0.2) is 4.98 Å². The van der Waals surface area contributed by atoms with Crippen molar-refractivity contribution in [1.29, 1.82) is 0 Å². The van der Waals surface area contributed by atoms with E-state index in [1.54, 1.807) is 30.3 Å². The van der Waals surface area contributed by atoms with Crippen LogP contribution in [0.5, 0.6) is 0 Å². The monoisotopic (exact) mass is 347 g/mol. The standard InChI is InChI=1S/C16H18BrN3O/c1-3-18-15-14(5-4-10-19-15)16(21)20(2)11-12-6-8-13(17)9-7-12/h4-10H,3,11H2,1-2H3,(H,18,19). The minimum Gasteiger partial charge on any atom is -0.370 e. The summed E-state index contributed by atoms with van der Waals surface area (Å²) in [6.45, 7) is 3.27. The normalized spacial score (nSPS) is 10.2. The maximum absolute atomic E-state index is 12.5. The molecule has 0 radical (unpaired) electrons. The average Bonchev–Trinajstić information content (AvgIpc) is 2.50. The van der Waals surface area contributed by atoms with Gasteiger partial charge in [0.1, 0.15) is 5.82 Å². The number of aromatic nitrogens is 1. The fourth-order valence-electron chi connectivity index (χ4n) is 2.03. The average molecular weight is 348 g/mol. The highest BCUT2D eigenvalue weighted by Crippen LogP contribution is 2.16. The molecule has 2 rings (SSSR count). The van der Waals surface area contributed by atoms with E-state index in [0.29, 0.717) is 17.9 Å². The quantitative estimate of drug-likeness (QED) is 0.899. The number of nitrogens with zero attached hydrogens (tertiary/aromatic N) is 2. The topological polar surface area (TPSA) is 45.2 Å². The van der Waals surface area contributed by atoms with E-state index in [4.69, 9.17) is 0 Å². The van der Waals surface area contributed by atoms with E-state index >= 15 is 0 Å². The zero-order valence-electron chi connectivity index (χ0n) is 12.1. The van der Waals surface area contributed by atoms with E-state index in [9.17, 15) is 4.79 Å². The molecule has 0 saturated carbocycles. The van der Waals surface area contributed by atoms with Gasteiger partial charge in [-0.1, -0.05) is 28.1 Å². The number of benzene rings is 1. The van der Waals surface area contributed by atoms with Crippen LogP contribution < -0.4 is 5.32 Å². The Hall–Kier alpha value is -1.88. The van der Waals surface area contributed by atoms with E-state index in [0.717, 1.165) is 16.6 Å². The SMILES string of the molecule is CCNc1ncccc1C(=O)N(C)Cc1ccc(Br)cc1. The lowest BCUT2D eigenvalue weighted by molar-refractivity contribution is 0.0785. The van der Waals surface area contributed by atoms with Gasteiger partial charge in [0.05, 0.1) is 5.56 Å². The van der Waals surface area contributed by atoms with Gasteiger partial charge in [0.25, 0.3) is 5.91 Å². The molecule has 2 aromatic rings. The van der Waals surface area contributed by atoms with E-state index in [2.05, 4.69) is 26.2 Å². The van der Waals surface area contributed by atoms with Crippen LogP contribution >= 0.6 is 15.9 Å². The van der Waals surface area contributed by atoms with E-state index < -0.39 is 0 Å². The molecule has 0 bridgehead atoms. The summed E-state index contributed by atoms with van der Waals surface area (Å²) in [5.41, 5.74) is 1.68. The van der Waals surface area contributed by atoms with Crippen LogP contribution in [0.3, 0.4) is 0 Å². The molecule has 0 fully saturated rings. The van der Waals surface area contributed by atoms with Crippen molar-refractivity contribution in [1.82, 2.24) is 9.88 Å². The molecular weight excluding hydrogens is 330 g/mol. The molecule has 0 atom stereocenters. The predicted molar refractivity (Wildman–Crippen MR) is 88.3 cm³/mol. The molecule has 0 saturated heterocycles. The minimum absolute atomic E-state index is 0.0398. The van der Waals surface area contributed by atoms with Crippen molar-refractivity contribution in [2.45, 2.75) is 13.5 Å². The Balaban J connectivity index is 2.13. The highest BCUT2D eigenvalue weighted by atomic mass is 79.9. The van der Waals surface area contributed by atoms with Crippen molar-refractivity contribution >= 4 is 27.7 Å². The largest absolute Gasteiger partial charge is 0.370 e. The molecule has 0 aliphatic heterocycles. The Morgan fingerprint density at radius 3 is 2.67 bits per heavy atom. The van der Waals surface area contributed by atoms with Crippen LogP contribution in [0.25, 0.3) is 0 Å². The summed E-state index contributed by atoms with van der Waals surface area (Å²) < 4.78 is 1.03. The Kier molecular flexibility index (Phi) is 5.33. The van der Waals surface area contributed by atoms with Crippen LogP contribution in [-0.4, -0.2) is 29.4 Å². The van der Waals surface area contributed by atoms with Gasteiger partial charge >= 0.3 is 0 Å². The lowest BCUT2D eigenvalue weighted by Gasteiger charge is -2.19. The van der Waals surface area contributed by atoms with E-state index in [1.165, 1.54) is 0 Å². The van der Waals surface area contributed by atoms with Crippen molar-refractivity contribution in [3.8, 4) is 0 Å². The van der Waals surface area contributed by atoms with Gasteiger partial charge in [-0.15, -0.1) is 0 Å². The van der Waals surface area contributed by atoms with E-state index in [-0.39, 0.29) is 5.91 Å². The second-order valence-corrected chi connectivity index (χ2v) is 5.63. The van der Waals surface area contributed by atoms with Gasteiger partial charge < -0.3 is 10.2 Å². The third-order valence-corrected chi connectivity index (χ3v) is 3.59. The number of hydrogen-bond donors (Lipinski definition) is 1. The molecule has 5 heteroatoms. The molecule has 110 valence electrons. The van der Waals surface area contributed by atoms with Gasteiger partial charge in [-0.3, -0.25) is 4.79 Å². The second kappa shape index (κ2) is 7.22.